The number of nitrogens with two attached hydrogens (primary N) is 1. The van der Waals surface area contributed by atoms with Crippen molar-refractivity contribution >= 4 is 28.4 Å². The summed E-state index contributed by atoms with van der Waals surface area (Å²) in [5.41, 5.74) is 5.95. The first-order valence-corrected chi connectivity index (χ1v) is 7.23. The number of rotatable bonds is 7. The molecule has 1 aromatic rings. The van der Waals surface area contributed by atoms with Crippen LogP contribution in [0.4, 0.5) is 5.82 Å². The Morgan fingerprint density at radius 1 is 1.38 bits per heavy atom. The number of aromatic nitrogens is 2. The quantitative estimate of drug-likeness (QED) is 0.605. The minimum atomic E-state index is 0.421. The highest BCUT2D eigenvalue weighted by molar-refractivity contribution is 14.1. The van der Waals surface area contributed by atoms with Crippen molar-refractivity contribution in [2.24, 2.45) is 0 Å². The van der Waals surface area contributed by atoms with Gasteiger partial charge in [-0.3, -0.25) is 0 Å². The summed E-state index contributed by atoms with van der Waals surface area (Å²) in [7, 11) is 0. The summed E-state index contributed by atoms with van der Waals surface area (Å²) in [6.45, 7) is 4.44. The fourth-order valence-electron chi connectivity index (χ4n) is 1.87. The molecule has 0 fully saturated rings. The molecule has 0 aliphatic rings. The van der Waals surface area contributed by atoms with E-state index in [9.17, 15) is 0 Å². The minimum absolute atomic E-state index is 0.421. The van der Waals surface area contributed by atoms with E-state index in [-0.39, 0.29) is 0 Å². The lowest BCUT2D eigenvalue weighted by Crippen LogP contribution is -2.10. The van der Waals surface area contributed by atoms with Gasteiger partial charge in [0.05, 0.1) is 15.8 Å². The van der Waals surface area contributed by atoms with Crippen molar-refractivity contribution in [1.29, 1.82) is 0 Å². The van der Waals surface area contributed by atoms with Crippen molar-refractivity contribution in [3.63, 3.8) is 0 Å². The van der Waals surface area contributed by atoms with Crippen LogP contribution in [0.15, 0.2) is 6.20 Å². The van der Waals surface area contributed by atoms with Gasteiger partial charge in [0.2, 0.25) is 0 Å². The topological polar surface area (TPSA) is 43.8 Å². The van der Waals surface area contributed by atoms with E-state index in [4.69, 9.17) is 5.73 Å². The van der Waals surface area contributed by atoms with Gasteiger partial charge in [0.15, 0.2) is 0 Å². The maximum absolute atomic E-state index is 5.95. The van der Waals surface area contributed by atoms with Gasteiger partial charge < -0.3 is 5.73 Å². The Labute approximate surface area is 112 Å². The molecule has 0 spiro atoms. The molecule has 0 aromatic carbocycles. The molecule has 2 N–H and O–H groups in total. The van der Waals surface area contributed by atoms with Crippen LogP contribution >= 0.6 is 22.6 Å². The lowest BCUT2D eigenvalue weighted by molar-refractivity contribution is 0.439. The highest BCUT2D eigenvalue weighted by atomic mass is 127. The monoisotopic (exact) mass is 335 g/mol. The first-order chi connectivity index (χ1) is 7.66. The van der Waals surface area contributed by atoms with E-state index >= 15 is 0 Å². The van der Waals surface area contributed by atoms with Gasteiger partial charge in [-0.1, -0.05) is 39.0 Å². The van der Waals surface area contributed by atoms with Crippen molar-refractivity contribution in [3.05, 3.63) is 9.77 Å². The van der Waals surface area contributed by atoms with Gasteiger partial charge >= 0.3 is 0 Å². The molecule has 0 aliphatic carbocycles. The van der Waals surface area contributed by atoms with Crippen LogP contribution in [0.25, 0.3) is 0 Å². The first-order valence-electron chi connectivity index (χ1n) is 6.15. The molecule has 92 valence electrons. The highest BCUT2D eigenvalue weighted by Gasteiger charge is 2.10. The van der Waals surface area contributed by atoms with E-state index in [0.717, 1.165) is 9.39 Å². The van der Waals surface area contributed by atoms with Crippen molar-refractivity contribution in [1.82, 2.24) is 9.78 Å². The van der Waals surface area contributed by atoms with Crippen LogP contribution in [0, 0.1) is 3.57 Å². The van der Waals surface area contributed by atoms with E-state index < -0.39 is 0 Å². The third kappa shape index (κ3) is 3.96. The summed E-state index contributed by atoms with van der Waals surface area (Å²) in [6, 6.07) is 0.421. The maximum atomic E-state index is 5.95. The third-order valence-corrected chi connectivity index (χ3v) is 3.76. The smallest absolute Gasteiger partial charge is 0.135 e. The van der Waals surface area contributed by atoms with Crippen LogP contribution in [0.2, 0.25) is 0 Å². The first kappa shape index (κ1) is 13.8. The van der Waals surface area contributed by atoms with Crippen LogP contribution in [0.5, 0.6) is 0 Å². The molecular formula is C12H22IN3. The predicted octanol–water partition coefficient (Wildman–Crippen LogP) is 3.99. The van der Waals surface area contributed by atoms with E-state index in [2.05, 4.69) is 41.5 Å². The molecule has 0 saturated heterocycles. The molecule has 0 amide bonds. The molecule has 0 aliphatic heterocycles. The van der Waals surface area contributed by atoms with E-state index in [1.54, 1.807) is 0 Å². The average Bonchev–Trinajstić information content (AvgIpc) is 2.59. The van der Waals surface area contributed by atoms with Crippen LogP contribution < -0.4 is 5.73 Å². The van der Waals surface area contributed by atoms with Gasteiger partial charge in [-0.15, -0.1) is 0 Å². The van der Waals surface area contributed by atoms with E-state index in [0.29, 0.717) is 6.04 Å². The predicted molar refractivity (Wildman–Crippen MR) is 77.4 cm³/mol. The third-order valence-electron chi connectivity index (χ3n) is 2.93. The van der Waals surface area contributed by atoms with E-state index in [1.807, 2.05) is 10.9 Å². The lowest BCUT2D eigenvalue weighted by atomic mass is 10.1. The van der Waals surface area contributed by atoms with Gasteiger partial charge in [0.1, 0.15) is 5.82 Å². The Hall–Kier alpha value is -0.260. The van der Waals surface area contributed by atoms with Crippen molar-refractivity contribution in [2.45, 2.75) is 58.4 Å². The van der Waals surface area contributed by atoms with E-state index in [1.165, 1.54) is 38.5 Å². The van der Waals surface area contributed by atoms with Crippen LogP contribution in [-0.2, 0) is 0 Å². The minimum Gasteiger partial charge on any atom is -0.383 e. The molecule has 1 unspecified atom stereocenters. The second-order valence-corrected chi connectivity index (χ2v) is 5.54. The highest BCUT2D eigenvalue weighted by Crippen LogP contribution is 2.22. The van der Waals surface area contributed by atoms with Crippen molar-refractivity contribution in [3.8, 4) is 0 Å². The molecular weight excluding hydrogens is 313 g/mol. The molecule has 0 radical (unpaired) electrons. The summed E-state index contributed by atoms with van der Waals surface area (Å²) < 4.78 is 3.00. The number of nitrogen functional groups attached to an aromatic ring is 1. The van der Waals surface area contributed by atoms with Gasteiger partial charge in [-0.2, -0.15) is 5.10 Å². The Kier molecular flexibility index (Phi) is 6.16. The molecule has 3 nitrogen and oxygen atoms in total. The normalized spacial score (nSPS) is 12.9. The van der Waals surface area contributed by atoms with Gasteiger partial charge in [0, 0.05) is 0 Å². The lowest BCUT2D eigenvalue weighted by Gasteiger charge is -2.13. The summed E-state index contributed by atoms with van der Waals surface area (Å²) >= 11 is 2.23. The zero-order chi connectivity index (χ0) is 12.0. The Morgan fingerprint density at radius 2 is 2.06 bits per heavy atom. The standard InChI is InChI=1S/C12H22IN3/c1-3-4-5-6-7-8-10(2)16-12(14)11(13)9-15-16/h9-10H,3-8,14H2,1-2H3. The SMILES string of the molecule is CCCCCCCC(C)n1ncc(I)c1N. The summed E-state index contributed by atoms with van der Waals surface area (Å²) in [6.07, 6.45) is 9.63. The number of hydrogen-bond donors (Lipinski definition) is 1. The maximum Gasteiger partial charge on any atom is 0.135 e. The second-order valence-electron chi connectivity index (χ2n) is 4.37. The molecule has 1 rings (SSSR count). The number of anilines is 1. The summed E-state index contributed by atoms with van der Waals surface area (Å²) in [4.78, 5) is 0. The zero-order valence-corrected chi connectivity index (χ0v) is 12.4. The molecule has 0 bridgehead atoms. The largest absolute Gasteiger partial charge is 0.383 e. The Balaban J connectivity index is 2.30. The van der Waals surface area contributed by atoms with Gasteiger partial charge in [0.25, 0.3) is 0 Å². The fourth-order valence-corrected chi connectivity index (χ4v) is 2.24. The van der Waals surface area contributed by atoms with Gasteiger partial charge in [-0.05, 0) is 35.9 Å². The van der Waals surface area contributed by atoms with Crippen LogP contribution in [-0.4, -0.2) is 9.78 Å². The Morgan fingerprint density at radius 3 is 2.62 bits per heavy atom. The van der Waals surface area contributed by atoms with Crippen LogP contribution in [0.1, 0.15) is 58.4 Å². The molecule has 16 heavy (non-hydrogen) atoms. The fraction of sp³-hybridized carbons (Fsp3) is 0.750. The average molecular weight is 335 g/mol. The zero-order valence-electron chi connectivity index (χ0n) is 10.2. The van der Waals surface area contributed by atoms with Crippen LogP contribution in [0.3, 0.4) is 0 Å². The molecule has 0 saturated carbocycles. The second kappa shape index (κ2) is 7.14. The summed E-state index contributed by atoms with van der Waals surface area (Å²) in [5, 5.41) is 4.31. The molecule has 1 heterocycles. The molecule has 4 heteroatoms. The number of hydrogen-bond acceptors (Lipinski definition) is 2. The number of nitrogens with zero attached hydrogens (tertiary/aromatic N) is 2. The van der Waals surface area contributed by atoms with Gasteiger partial charge in [-0.25, -0.2) is 4.68 Å². The molecule has 1 atom stereocenters. The number of unbranched alkanes of at least 4 members (excludes halogenated alkanes) is 4. The molecule has 1 aromatic heterocycles. The number of halogens is 1. The Bertz CT molecular complexity index is 309. The summed E-state index contributed by atoms with van der Waals surface area (Å²) in [5.74, 6) is 0.807. The van der Waals surface area contributed by atoms with Crippen molar-refractivity contribution in [2.75, 3.05) is 5.73 Å². The van der Waals surface area contributed by atoms with Crippen molar-refractivity contribution < 1.29 is 0 Å².